The van der Waals surface area contributed by atoms with E-state index in [2.05, 4.69) is 10.6 Å². The second kappa shape index (κ2) is 7.72. The van der Waals surface area contributed by atoms with Crippen LogP contribution in [0.25, 0.3) is 0 Å². The standard InChI is InChI=1S/C22H21N3O5/c1-12-5-2-3-6-13(12)19(27)21(29)23-16-8-4-7-14-15(16)11-25(22(14)30)17-9-10-18(26)24-20(17)28/h2-8,17,19,27H,9-11H2,1H3,(H,23,29)(H,24,26,28). The van der Waals surface area contributed by atoms with Gasteiger partial charge in [0.15, 0.2) is 6.10 Å². The minimum Gasteiger partial charge on any atom is -0.378 e. The molecule has 2 atom stereocenters. The third kappa shape index (κ3) is 3.46. The van der Waals surface area contributed by atoms with E-state index in [0.29, 0.717) is 22.4 Å². The van der Waals surface area contributed by atoms with Gasteiger partial charge >= 0.3 is 0 Å². The van der Waals surface area contributed by atoms with Crippen LogP contribution in [-0.4, -0.2) is 39.7 Å². The number of aliphatic hydroxyl groups is 1. The van der Waals surface area contributed by atoms with Gasteiger partial charge in [-0.25, -0.2) is 0 Å². The van der Waals surface area contributed by atoms with Gasteiger partial charge in [0.1, 0.15) is 6.04 Å². The van der Waals surface area contributed by atoms with Gasteiger partial charge in [0.2, 0.25) is 11.8 Å². The number of piperidine rings is 1. The molecule has 2 unspecified atom stereocenters. The quantitative estimate of drug-likeness (QED) is 0.663. The van der Waals surface area contributed by atoms with Crippen LogP contribution in [0.15, 0.2) is 42.5 Å². The molecular formula is C22H21N3O5. The molecular weight excluding hydrogens is 386 g/mol. The SMILES string of the molecule is Cc1ccccc1C(O)C(=O)Nc1cccc2c1CN(C1CCC(=O)NC1=O)C2=O. The van der Waals surface area contributed by atoms with Crippen molar-refractivity contribution in [1.82, 2.24) is 10.2 Å². The number of nitrogens with one attached hydrogen (secondary N) is 2. The molecule has 0 radical (unpaired) electrons. The molecule has 30 heavy (non-hydrogen) atoms. The van der Waals surface area contributed by atoms with Crippen molar-refractivity contribution in [2.24, 2.45) is 0 Å². The lowest BCUT2D eigenvalue weighted by molar-refractivity contribution is -0.137. The first-order valence-corrected chi connectivity index (χ1v) is 9.68. The van der Waals surface area contributed by atoms with Gasteiger partial charge in [0, 0.05) is 29.8 Å². The van der Waals surface area contributed by atoms with Crippen LogP contribution in [0.2, 0.25) is 0 Å². The van der Waals surface area contributed by atoms with Gasteiger partial charge in [0.25, 0.3) is 11.8 Å². The number of imide groups is 1. The average Bonchev–Trinajstić information content (AvgIpc) is 3.05. The Bertz CT molecular complexity index is 1060. The maximum atomic E-state index is 12.9. The topological polar surface area (TPSA) is 116 Å². The highest BCUT2D eigenvalue weighted by molar-refractivity contribution is 6.07. The highest BCUT2D eigenvalue weighted by atomic mass is 16.3. The van der Waals surface area contributed by atoms with E-state index in [9.17, 15) is 24.3 Å². The number of aliphatic hydroxyl groups excluding tert-OH is 1. The molecule has 0 aliphatic carbocycles. The molecule has 3 N–H and O–H groups in total. The van der Waals surface area contributed by atoms with Crippen molar-refractivity contribution in [2.45, 2.75) is 38.5 Å². The summed E-state index contributed by atoms with van der Waals surface area (Å²) in [6, 6.07) is 11.3. The van der Waals surface area contributed by atoms with Crippen LogP contribution < -0.4 is 10.6 Å². The Morgan fingerprint density at radius 2 is 1.93 bits per heavy atom. The third-order valence-corrected chi connectivity index (χ3v) is 5.57. The van der Waals surface area contributed by atoms with Crippen molar-refractivity contribution in [2.75, 3.05) is 5.32 Å². The highest BCUT2D eigenvalue weighted by Crippen LogP contribution is 2.33. The molecule has 8 nitrogen and oxygen atoms in total. The monoisotopic (exact) mass is 407 g/mol. The molecule has 2 heterocycles. The average molecular weight is 407 g/mol. The number of hydrogen-bond donors (Lipinski definition) is 3. The number of benzene rings is 2. The molecule has 154 valence electrons. The molecule has 0 bridgehead atoms. The number of aryl methyl sites for hydroxylation is 1. The van der Waals surface area contributed by atoms with Crippen molar-refractivity contribution in [3.05, 3.63) is 64.7 Å². The number of fused-ring (bicyclic) bond motifs is 1. The normalized spacial score (nSPS) is 19.3. The lowest BCUT2D eigenvalue weighted by Crippen LogP contribution is -2.52. The molecule has 2 aliphatic rings. The molecule has 4 rings (SSSR count). The van der Waals surface area contributed by atoms with E-state index in [0.717, 1.165) is 5.56 Å². The van der Waals surface area contributed by atoms with Gasteiger partial charge in [-0.3, -0.25) is 24.5 Å². The smallest absolute Gasteiger partial charge is 0.257 e. The molecule has 0 saturated carbocycles. The number of nitrogens with zero attached hydrogens (tertiary/aromatic N) is 1. The number of amides is 4. The Kier molecular flexibility index (Phi) is 5.09. The lowest BCUT2D eigenvalue weighted by atomic mass is 10.0. The van der Waals surface area contributed by atoms with E-state index in [1.54, 1.807) is 30.3 Å². The Morgan fingerprint density at radius 1 is 1.17 bits per heavy atom. The van der Waals surface area contributed by atoms with E-state index in [1.807, 2.05) is 19.1 Å². The van der Waals surface area contributed by atoms with Crippen molar-refractivity contribution >= 4 is 29.3 Å². The highest BCUT2D eigenvalue weighted by Gasteiger charge is 2.40. The van der Waals surface area contributed by atoms with Crippen molar-refractivity contribution < 1.29 is 24.3 Å². The molecule has 2 aromatic rings. The van der Waals surface area contributed by atoms with Crippen LogP contribution in [0.4, 0.5) is 5.69 Å². The zero-order valence-corrected chi connectivity index (χ0v) is 16.3. The zero-order chi connectivity index (χ0) is 21.4. The molecule has 4 amide bonds. The van der Waals surface area contributed by atoms with Gasteiger partial charge in [-0.05, 0) is 36.6 Å². The van der Waals surface area contributed by atoms with Crippen LogP contribution in [0.3, 0.4) is 0 Å². The molecule has 2 aromatic carbocycles. The predicted octanol–water partition coefficient (Wildman–Crippen LogP) is 1.43. The van der Waals surface area contributed by atoms with Crippen molar-refractivity contribution in [1.29, 1.82) is 0 Å². The molecule has 0 spiro atoms. The van der Waals surface area contributed by atoms with E-state index in [1.165, 1.54) is 4.90 Å². The molecule has 2 aliphatic heterocycles. The molecule has 8 heteroatoms. The van der Waals surface area contributed by atoms with Gasteiger partial charge in [0.05, 0.1) is 0 Å². The second-order valence-electron chi connectivity index (χ2n) is 7.48. The zero-order valence-electron chi connectivity index (χ0n) is 16.3. The summed E-state index contributed by atoms with van der Waals surface area (Å²) < 4.78 is 0. The Morgan fingerprint density at radius 3 is 2.67 bits per heavy atom. The molecule has 0 aromatic heterocycles. The van der Waals surface area contributed by atoms with E-state index in [-0.39, 0.29) is 31.2 Å². The number of rotatable bonds is 4. The minimum absolute atomic E-state index is 0.136. The van der Waals surface area contributed by atoms with E-state index >= 15 is 0 Å². The summed E-state index contributed by atoms with van der Waals surface area (Å²) in [5.41, 5.74) is 2.68. The fourth-order valence-corrected chi connectivity index (χ4v) is 3.94. The predicted molar refractivity (Wildman–Crippen MR) is 107 cm³/mol. The maximum Gasteiger partial charge on any atom is 0.257 e. The summed E-state index contributed by atoms with van der Waals surface area (Å²) in [4.78, 5) is 50.5. The largest absolute Gasteiger partial charge is 0.378 e. The minimum atomic E-state index is -1.36. The van der Waals surface area contributed by atoms with Gasteiger partial charge in [-0.15, -0.1) is 0 Å². The van der Waals surface area contributed by atoms with Crippen LogP contribution in [0.1, 0.15) is 46.0 Å². The Hall–Kier alpha value is -3.52. The van der Waals surface area contributed by atoms with Crippen LogP contribution in [0.5, 0.6) is 0 Å². The summed E-state index contributed by atoms with van der Waals surface area (Å²) in [6.45, 7) is 1.94. The summed E-state index contributed by atoms with van der Waals surface area (Å²) in [7, 11) is 0. The summed E-state index contributed by atoms with van der Waals surface area (Å²) in [5, 5.41) is 15.4. The Balaban J connectivity index is 1.56. The third-order valence-electron chi connectivity index (χ3n) is 5.57. The van der Waals surface area contributed by atoms with E-state index in [4.69, 9.17) is 0 Å². The number of carbonyl (C=O) groups excluding carboxylic acids is 4. The van der Waals surface area contributed by atoms with Gasteiger partial charge in [-0.2, -0.15) is 0 Å². The number of hydrogen-bond acceptors (Lipinski definition) is 5. The van der Waals surface area contributed by atoms with Crippen molar-refractivity contribution in [3.8, 4) is 0 Å². The maximum absolute atomic E-state index is 12.9. The van der Waals surface area contributed by atoms with Gasteiger partial charge < -0.3 is 15.3 Å². The van der Waals surface area contributed by atoms with Crippen LogP contribution >= 0.6 is 0 Å². The van der Waals surface area contributed by atoms with Crippen LogP contribution in [0, 0.1) is 6.92 Å². The first-order chi connectivity index (χ1) is 14.4. The molecule has 1 saturated heterocycles. The summed E-state index contributed by atoms with van der Waals surface area (Å²) in [5.74, 6) is -1.77. The van der Waals surface area contributed by atoms with Crippen LogP contribution in [-0.2, 0) is 20.9 Å². The summed E-state index contributed by atoms with van der Waals surface area (Å²) >= 11 is 0. The fraction of sp³-hybridized carbons (Fsp3) is 0.273. The summed E-state index contributed by atoms with van der Waals surface area (Å²) in [6.07, 6.45) is -0.925. The van der Waals surface area contributed by atoms with Gasteiger partial charge in [-0.1, -0.05) is 30.3 Å². The number of anilines is 1. The molecule has 1 fully saturated rings. The second-order valence-corrected chi connectivity index (χ2v) is 7.48. The lowest BCUT2D eigenvalue weighted by Gasteiger charge is -2.29. The first kappa shape index (κ1) is 19.8. The number of carbonyl (C=O) groups is 4. The first-order valence-electron chi connectivity index (χ1n) is 9.68. The van der Waals surface area contributed by atoms with Crippen molar-refractivity contribution in [3.63, 3.8) is 0 Å². The fourth-order valence-electron chi connectivity index (χ4n) is 3.94. The van der Waals surface area contributed by atoms with E-state index < -0.39 is 24.0 Å². The Labute approximate surface area is 172 Å².